The predicted octanol–water partition coefficient (Wildman–Crippen LogP) is 3.70. The van der Waals surface area contributed by atoms with E-state index in [1.807, 2.05) is 12.1 Å². The van der Waals surface area contributed by atoms with Crippen LogP contribution < -0.4 is 10.6 Å². The quantitative estimate of drug-likeness (QED) is 0.387. The number of nitrogens with one attached hydrogen (secondary N) is 2. The van der Waals surface area contributed by atoms with Crippen LogP contribution in [0, 0.1) is 0 Å². The third-order valence-corrected chi connectivity index (χ3v) is 4.73. The highest BCUT2D eigenvalue weighted by molar-refractivity contribution is 14.0. The van der Waals surface area contributed by atoms with Crippen molar-refractivity contribution in [3.05, 3.63) is 46.9 Å². The molecule has 2 N–H and O–H groups in total. The van der Waals surface area contributed by atoms with Gasteiger partial charge in [-0.25, -0.2) is 0 Å². The normalized spacial score (nSPS) is 11.9. The van der Waals surface area contributed by atoms with Crippen molar-refractivity contribution in [2.24, 2.45) is 4.99 Å². The molecule has 0 aromatic carbocycles. The van der Waals surface area contributed by atoms with E-state index in [-0.39, 0.29) is 29.4 Å². The number of hydrogen-bond acceptors (Lipinski definition) is 2. The van der Waals surface area contributed by atoms with E-state index in [4.69, 9.17) is 4.99 Å². The fraction of sp³-hybridized carbons (Fsp3) is 0.471. The first-order chi connectivity index (χ1) is 10.6. The van der Waals surface area contributed by atoms with Gasteiger partial charge in [0, 0.05) is 42.3 Å². The summed E-state index contributed by atoms with van der Waals surface area (Å²) in [6.07, 6.45) is 4.15. The molecule has 0 aliphatic rings. The molecule has 0 amide bonds. The average molecular weight is 446 g/mol. The van der Waals surface area contributed by atoms with Gasteiger partial charge in [0.2, 0.25) is 0 Å². The first-order valence-corrected chi connectivity index (χ1v) is 8.67. The van der Waals surface area contributed by atoms with Gasteiger partial charge in [-0.05, 0) is 30.5 Å². The number of hydrogen-bond donors (Lipinski definition) is 2. The lowest BCUT2D eigenvalue weighted by Crippen LogP contribution is -2.39. The van der Waals surface area contributed by atoms with Crippen LogP contribution >= 0.6 is 35.3 Å². The SMILES string of the molecule is CCNC(=NCC(C)(C)c1cccs1)NCCn1cccc1.I. The van der Waals surface area contributed by atoms with Gasteiger partial charge in [-0.15, -0.1) is 35.3 Å². The number of halogens is 1. The van der Waals surface area contributed by atoms with E-state index in [1.165, 1.54) is 4.88 Å². The highest BCUT2D eigenvalue weighted by Gasteiger charge is 2.21. The van der Waals surface area contributed by atoms with Gasteiger partial charge < -0.3 is 15.2 Å². The van der Waals surface area contributed by atoms with Gasteiger partial charge in [-0.1, -0.05) is 19.9 Å². The fourth-order valence-electron chi connectivity index (χ4n) is 2.18. The Kier molecular flexibility index (Phi) is 8.68. The number of thiophene rings is 1. The average Bonchev–Trinajstić information content (AvgIpc) is 3.18. The maximum Gasteiger partial charge on any atom is 0.191 e. The summed E-state index contributed by atoms with van der Waals surface area (Å²) in [6.45, 7) is 10.0. The van der Waals surface area contributed by atoms with Crippen molar-refractivity contribution >= 4 is 41.3 Å². The molecule has 0 bridgehead atoms. The molecule has 0 aliphatic heterocycles. The summed E-state index contributed by atoms with van der Waals surface area (Å²) < 4.78 is 2.16. The van der Waals surface area contributed by atoms with Crippen LogP contribution in [0.25, 0.3) is 0 Å². The smallest absolute Gasteiger partial charge is 0.191 e. The summed E-state index contributed by atoms with van der Waals surface area (Å²) in [5.41, 5.74) is 0.0664. The van der Waals surface area contributed by atoms with Crippen molar-refractivity contribution < 1.29 is 0 Å². The van der Waals surface area contributed by atoms with Gasteiger partial charge in [0.05, 0.1) is 6.54 Å². The van der Waals surface area contributed by atoms with Crippen LogP contribution in [0.15, 0.2) is 47.0 Å². The lowest BCUT2D eigenvalue weighted by atomic mass is 9.92. The van der Waals surface area contributed by atoms with E-state index < -0.39 is 0 Å². The molecule has 6 heteroatoms. The highest BCUT2D eigenvalue weighted by Crippen LogP contribution is 2.27. The van der Waals surface area contributed by atoms with Gasteiger partial charge >= 0.3 is 0 Å². The third-order valence-electron chi connectivity index (χ3n) is 3.49. The Balaban J connectivity index is 0.00000264. The maximum atomic E-state index is 4.75. The molecule has 2 aromatic heterocycles. The Bertz CT molecular complexity index is 561. The van der Waals surface area contributed by atoms with Crippen molar-refractivity contribution in [3.63, 3.8) is 0 Å². The molecule has 128 valence electrons. The maximum absolute atomic E-state index is 4.75. The highest BCUT2D eigenvalue weighted by atomic mass is 127. The lowest BCUT2D eigenvalue weighted by molar-refractivity contribution is 0.547. The van der Waals surface area contributed by atoms with E-state index in [9.17, 15) is 0 Å². The molecule has 0 saturated carbocycles. The second-order valence-electron chi connectivity index (χ2n) is 5.90. The molecular weight excluding hydrogens is 419 g/mol. The summed E-state index contributed by atoms with van der Waals surface area (Å²) >= 11 is 1.80. The summed E-state index contributed by atoms with van der Waals surface area (Å²) in [5, 5.41) is 8.84. The van der Waals surface area contributed by atoms with Crippen LogP contribution in [0.5, 0.6) is 0 Å². The summed E-state index contributed by atoms with van der Waals surface area (Å²) in [5.74, 6) is 0.888. The Morgan fingerprint density at radius 1 is 1.22 bits per heavy atom. The number of aliphatic imine (C=N–C) groups is 1. The van der Waals surface area contributed by atoms with Crippen LogP contribution in [0.1, 0.15) is 25.6 Å². The van der Waals surface area contributed by atoms with Crippen molar-refractivity contribution in [1.82, 2.24) is 15.2 Å². The standard InChI is InChI=1S/C17H26N4S.HI/c1-4-18-16(19-9-12-21-10-5-6-11-21)20-14-17(2,3)15-8-7-13-22-15;/h5-8,10-11,13H,4,9,12,14H2,1-3H3,(H2,18,19,20);1H. The minimum Gasteiger partial charge on any atom is -0.357 e. The van der Waals surface area contributed by atoms with Crippen LogP contribution in [0.3, 0.4) is 0 Å². The first-order valence-electron chi connectivity index (χ1n) is 7.79. The van der Waals surface area contributed by atoms with Crippen molar-refractivity contribution in [1.29, 1.82) is 0 Å². The number of rotatable bonds is 7. The van der Waals surface area contributed by atoms with Crippen LogP contribution in [0.2, 0.25) is 0 Å². The van der Waals surface area contributed by atoms with Gasteiger partial charge in [-0.2, -0.15) is 0 Å². The molecule has 0 saturated heterocycles. The van der Waals surface area contributed by atoms with E-state index in [1.54, 1.807) is 11.3 Å². The first kappa shape index (κ1) is 20.0. The Labute approximate surface area is 160 Å². The predicted molar refractivity (Wildman–Crippen MR) is 111 cm³/mol. The Hall–Kier alpha value is -1.02. The third kappa shape index (κ3) is 6.55. The molecule has 0 radical (unpaired) electrons. The van der Waals surface area contributed by atoms with E-state index >= 15 is 0 Å². The summed E-state index contributed by atoms with van der Waals surface area (Å²) in [7, 11) is 0. The van der Waals surface area contributed by atoms with Crippen molar-refractivity contribution in [3.8, 4) is 0 Å². The molecule has 0 fully saturated rings. The van der Waals surface area contributed by atoms with E-state index in [0.717, 1.165) is 32.1 Å². The molecule has 23 heavy (non-hydrogen) atoms. The summed E-state index contributed by atoms with van der Waals surface area (Å²) in [4.78, 5) is 6.13. The molecule has 0 spiro atoms. The molecule has 0 atom stereocenters. The van der Waals surface area contributed by atoms with Crippen molar-refractivity contribution in [2.45, 2.75) is 32.7 Å². The van der Waals surface area contributed by atoms with Gasteiger partial charge in [0.15, 0.2) is 5.96 Å². The molecule has 2 heterocycles. The van der Waals surface area contributed by atoms with Crippen LogP contribution in [-0.4, -0.2) is 30.2 Å². The largest absolute Gasteiger partial charge is 0.357 e. The Morgan fingerprint density at radius 3 is 2.57 bits per heavy atom. The summed E-state index contributed by atoms with van der Waals surface area (Å²) in [6, 6.07) is 8.38. The monoisotopic (exact) mass is 446 g/mol. The van der Waals surface area contributed by atoms with E-state index in [2.05, 4.69) is 65.9 Å². The van der Waals surface area contributed by atoms with Gasteiger partial charge in [-0.3, -0.25) is 4.99 Å². The lowest BCUT2D eigenvalue weighted by Gasteiger charge is -2.22. The molecule has 4 nitrogen and oxygen atoms in total. The zero-order chi connectivity index (χ0) is 15.8. The van der Waals surface area contributed by atoms with Gasteiger partial charge in [0.1, 0.15) is 0 Å². The van der Waals surface area contributed by atoms with Crippen molar-refractivity contribution in [2.75, 3.05) is 19.6 Å². The molecule has 0 aliphatic carbocycles. The Morgan fingerprint density at radius 2 is 1.96 bits per heavy atom. The number of guanidine groups is 1. The molecular formula is C17H27IN4S. The van der Waals surface area contributed by atoms with Gasteiger partial charge in [0.25, 0.3) is 0 Å². The molecule has 2 rings (SSSR count). The molecule has 2 aromatic rings. The molecule has 0 unspecified atom stereocenters. The second-order valence-corrected chi connectivity index (χ2v) is 6.85. The second kappa shape index (κ2) is 9.97. The minimum atomic E-state index is 0. The number of aromatic nitrogens is 1. The fourth-order valence-corrected chi connectivity index (χ4v) is 3.03. The zero-order valence-electron chi connectivity index (χ0n) is 14.1. The van der Waals surface area contributed by atoms with Crippen LogP contribution in [0.4, 0.5) is 0 Å². The minimum absolute atomic E-state index is 0. The number of nitrogens with zero attached hydrogens (tertiary/aromatic N) is 2. The van der Waals surface area contributed by atoms with E-state index in [0.29, 0.717) is 0 Å². The van der Waals surface area contributed by atoms with Crippen LogP contribution in [-0.2, 0) is 12.0 Å². The topological polar surface area (TPSA) is 41.4 Å². The zero-order valence-corrected chi connectivity index (χ0v) is 17.2.